The van der Waals surface area contributed by atoms with Crippen molar-refractivity contribution in [2.75, 3.05) is 0 Å². The van der Waals surface area contributed by atoms with Crippen LogP contribution in [0.5, 0.6) is 5.75 Å². The van der Waals surface area contributed by atoms with Gasteiger partial charge in [0.25, 0.3) is 5.91 Å². The highest BCUT2D eigenvalue weighted by Gasteiger charge is 2.26. The minimum Gasteiger partial charge on any atom is -0.480 e. The number of aromatic nitrogens is 3. The van der Waals surface area contributed by atoms with E-state index in [9.17, 15) is 18.4 Å². The second kappa shape index (κ2) is 7.89. The summed E-state index contributed by atoms with van der Waals surface area (Å²) in [5, 5.41) is 19.2. The molecular weight excluding hydrogens is 350 g/mol. The zero-order valence-electron chi connectivity index (χ0n) is 14.3. The number of carboxylic acid groups (broad SMARTS) is 1. The molecule has 2 N–H and O–H groups in total. The van der Waals surface area contributed by atoms with Crippen molar-refractivity contribution < 1.29 is 28.2 Å². The molecule has 2 rings (SSSR count). The molecule has 0 saturated carbocycles. The molecule has 1 heterocycles. The third-order valence-corrected chi connectivity index (χ3v) is 3.64. The average Bonchev–Trinajstić information content (AvgIpc) is 2.93. The van der Waals surface area contributed by atoms with Crippen LogP contribution in [-0.2, 0) is 4.79 Å². The number of carbonyl (C=O) groups excluding carboxylic acids is 1. The van der Waals surface area contributed by atoms with Crippen LogP contribution in [-0.4, -0.2) is 44.6 Å². The zero-order chi connectivity index (χ0) is 19.4. The fraction of sp³-hybridized carbons (Fsp3) is 0.375. The molecule has 0 unspecified atom stereocenters. The van der Waals surface area contributed by atoms with Crippen LogP contribution in [0, 0.1) is 12.8 Å². The quantitative estimate of drug-likeness (QED) is 0.774. The molecule has 1 amide bonds. The Bertz CT molecular complexity index is 790. The van der Waals surface area contributed by atoms with Gasteiger partial charge in [-0.2, -0.15) is 8.78 Å². The lowest BCUT2D eigenvalue weighted by atomic mass is 10.0. The highest BCUT2D eigenvalue weighted by atomic mass is 19.3. The largest absolute Gasteiger partial charge is 0.480 e. The summed E-state index contributed by atoms with van der Waals surface area (Å²) in [5.74, 6) is -2.13. The maximum absolute atomic E-state index is 12.3. The van der Waals surface area contributed by atoms with Crippen LogP contribution in [0.3, 0.4) is 0 Å². The van der Waals surface area contributed by atoms with Crippen LogP contribution in [0.25, 0.3) is 5.69 Å². The molecule has 0 saturated heterocycles. The number of aliphatic carboxylic acids is 1. The molecule has 0 fully saturated rings. The van der Waals surface area contributed by atoms with Gasteiger partial charge < -0.3 is 15.2 Å². The van der Waals surface area contributed by atoms with Crippen LogP contribution in [0.1, 0.15) is 30.0 Å². The lowest BCUT2D eigenvalue weighted by molar-refractivity contribution is -0.140. The molecule has 0 aliphatic carbocycles. The molecular formula is C16H18F2N4O4. The molecule has 0 radical (unpaired) electrons. The number of hydrogen-bond donors (Lipinski definition) is 2. The second-order valence-corrected chi connectivity index (χ2v) is 5.84. The predicted molar refractivity (Wildman–Crippen MR) is 86.5 cm³/mol. The highest BCUT2D eigenvalue weighted by Crippen LogP contribution is 2.19. The Balaban J connectivity index is 2.21. The zero-order valence-corrected chi connectivity index (χ0v) is 14.3. The number of alkyl halides is 2. The summed E-state index contributed by atoms with van der Waals surface area (Å²) in [6.07, 6.45) is 0. The van der Waals surface area contributed by atoms with Gasteiger partial charge in [0.05, 0.1) is 11.4 Å². The third-order valence-electron chi connectivity index (χ3n) is 3.64. The molecule has 0 bridgehead atoms. The number of nitrogens with zero attached hydrogens (tertiary/aromatic N) is 3. The molecule has 8 nitrogen and oxygen atoms in total. The van der Waals surface area contributed by atoms with Crippen molar-refractivity contribution in [3.8, 4) is 11.4 Å². The van der Waals surface area contributed by atoms with E-state index in [1.807, 2.05) is 0 Å². The fourth-order valence-electron chi connectivity index (χ4n) is 2.28. The first kappa shape index (κ1) is 19.3. The molecule has 26 heavy (non-hydrogen) atoms. The molecule has 1 atom stereocenters. The molecule has 1 aromatic carbocycles. The summed E-state index contributed by atoms with van der Waals surface area (Å²) < 4.78 is 30.0. The van der Waals surface area contributed by atoms with Crippen molar-refractivity contribution in [1.82, 2.24) is 20.3 Å². The standard InChI is InChI=1S/C16H18F2N4O4/c1-8(2)12(15(24)25)19-14(23)13-9(3)22(21-20-13)10-4-6-11(7-5-10)26-16(17)18/h4-8,12,16H,1-3H3,(H,19,23)(H,24,25)/t12-/m0/s1. The minimum atomic E-state index is -2.92. The smallest absolute Gasteiger partial charge is 0.387 e. The van der Waals surface area contributed by atoms with Gasteiger partial charge >= 0.3 is 12.6 Å². The van der Waals surface area contributed by atoms with Crippen LogP contribution in [0.2, 0.25) is 0 Å². The van der Waals surface area contributed by atoms with Gasteiger partial charge in [-0.05, 0) is 37.1 Å². The number of amides is 1. The SMILES string of the molecule is Cc1c(C(=O)N[C@H](C(=O)O)C(C)C)nnn1-c1ccc(OC(F)F)cc1. The summed E-state index contributed by atoms with van der Waals surface area (Å²) in [7, 11) is 0. The number of carbonyl (C=O) groups is 2. The van der Waals surface area contributed by atoms with E-state index in [0.29, 0.717) is 11.4 Å². The number of ether oxygens (including phenoxy) is 1. The van der Waals surface area contributed by atoms with Crippen molar-refractivity contribution in [2.24, 2.45) is 5.92 Å². The van der Waals surface area contributed by atoms with Gasteiger partial charge in [0.1, 0.15) is 11.8 Å². The Morgan fingerprint density at radius 1 is 1.23 bits per heavy atom. The van der Waals surface area contributed by atoms with Crippen molar-refractivity contribution in [1.29, 1.82) is 0 Å². The van der Waals surface area contributed by atoms with Gasteiger partial charge in [-0.15, -0.1) is 5.10 Å². The Hall–Kier alpha value is -3.04. The Labute approximate surface area is 147 Å². The van der Waals surface area contributed by atoms with Gasteiger partial charge in [-0.25, -0.2) is 9.48 Å². The summed E-state index contributed by atoms with van der Waals surface area (Å²) in [5.41, 5.74) is 0.831. The van der Waals surface area contributed by atoms with E-state index >= 15 is 0 Å². The number of rotatable bonds is 7. The lowest BCUT2D eigenvalue weighted by Gasteiger charge is -2.17. The molecule has 1 aromatic heterocycles. The Kier molecular flexibility index (Phi) is 5.86. The van der Waals surface area contributed by atoms with Gasteiger partial charge in [0, 0.05) is 0 Å². The summed E-state index contributed by atoms with van der Waals surface area (Å²) >= 11 is 0. The monoisotopic (exact) mass is 368 g/mol. The minimum absolute atomic E-state index is 0.0132. The highest BCUT2D eigenvalue weighted by molar-refractivity contribution is 5.95. The topological polar surface area (TPSA) is 106 Å². The van der Waals surface area contributed by atoms with Crippen molar-refractivity contribution in [3.63, 3.8) is 0 Å². The van der Waals surface area contributed by atoms with Gasteiger partial charge in [0.15, 0.2) is 5.69 Å². The van der Waals surface area contributed by atoms with Crippen LogP contribution < -0.4 is 10.1 Å². The number of halogens is 2. The van der Waals surface area contributed by atoms with E-state index in [2.05, 4.69) is 20.4 Å². The Morgan fingerprint density at radius 2 is 1.85 bits per heavy atom. The van der Waals surface area contributed by atoms with E-state index in [-0.39, 0.29) is 17.4 Å². The van der Waals surface area contributed by atoms with Crippen molar-refractivity contribution in [2.45, 2.75) is 33.4 Å². The summed E-state index contributed by atoms with van der Waals surface area (Å²) in [4.78, 5) is 23.5. The molecule has 0 aliphatic rings. The first-order chi connectivity index (χ1) is 12.2. The number of benzene rings is 1. The number of hydrogen-bond acceptors (Lipinski definition) is 5. The van der Waals surface area contributed by atoms with Gasteiger partial charge in [0.2, 0.25) is 0 Å². The molecule has 0 aliphatic heterocycles. The van der Waals surface area contributed by atoms with Crippen LogP contribution in [0.15, 0.2) is 24.3 Å². The van der Waals surface area contributed by atoms with Gasteiger partial charge in [-0.1, -0.05) is 19.1 Å². The molecule has 10 heteroatoms. The third kappa shape index (κ3) is 4.32. The van der Waals surface area contributed by atoms with E-state index in [1.54, 1.807) is 20.8 Å². The van der Waals surface area contributed by atoms with E-state index in [4.69, 9.17) is 5.11 Å². The normalized spacial score (nSPS) is 12.3. The average molecular weight is 368 g/mol. The number of nitrogens with one attached hydrogen (secondary N) is 1. The second-order valence-electron chi connectivity index (χ2n) is 5.84. The Morgan fingerprint density at radius 3 is 2.35 bits per heavy atom. The van der Waals surface area contributed by atoms with Crippen molar-refractivity contribution >= 4 is 11.9 Å². The van der Waals surface area contributed by atoms with E-state index in [0.717, 1.165) is 0 Å². The maximum Gasteiger partial charge on any atom is 0.387 e. The van der Waals surface area contributed by atoms with Crippen molar-refractivity contribution in [3.05, 3.63) is 35.7 Å². The predicted octanol–water partition coefficient (Wildman–Crippen LogP) is 2.02. The summed E-state index contributed by atoms with van der Waals surface area (Å²) in [6.45, 7) is 2.01. The lowest BCUT2D eigenvalue weighted by Crippen LogP contribution is -2.44. The number of carboxylic acids is 1. The fourth-order valence-corrected chi connectivity index (χ4v) is 2.28. The first-order valence-corrected chi connectivity index (χ1v) is 7.72. The first-order valence-electron chi connectivity index (χ1n) is 7.72. The maximum atomic E-state index is 12.3. The van der Waals surface area contributed by atoms with E-state index < -0.39 is 24.5 Å². The molecule has 140 valence electrons. The van der Waals surface area contributed by atoms with E-state index in [1.165, 1.54) is 28.9 Å². The van der Waals surface area contributed by atoms with Crippen LogP contribution in [0.4, 0.5) is 8.78 Å². The molecule has 0 spiro atoms. The molecule has 2 aromatic rings. The van der Waals surface area contributed by atoms with Crippen LogP contribution >= 0.6 is 0 Å². The summed E-state index contributed by atoms with van der Waals surface area (Å²) in [6, 6.07) is 4.58. The van der Waals surface area contributed by atoms with Gasteiger partial charge in [-0.3, -0.25) is 4.79 Å².